The van der Waals surface area contributed by atoms with Gasteiger partial charge in [-0.2, -0.15) is 22.9 Å². The van der Waals surface area contributed by atoms with E-state index in [4.69, 9.17) is 44.9 Å². The molecule has 0 spiro atoms. The maximum atomic E-state index is 13.0. The van der Waals surface area contributed by atoms with Gasteiger partial charge in [0.25, 0.3) is 5.82 Å². The van der Waals surface area contributed by atoms with Crippen LogP contribution in [-0.2, 0) is 6.18 Å². The first-order valence-electron chi connectivity index (χ1n) is 8.24. The summed E-state index contributed by atoms with van der Waals surface area (Å²) < 4.78 is 49.5. The summed E-state index contributed by atoms with van der Waals surface area (Å²) in [4.78, 5) is 12.4. The summed E-state index contributed by atoms with van der Waals surface area (Å²) >= 11 is 16.6. The summed E-state index contributed by atoms with van der Waals surface area (Å²) in [5.74, 6) is -1.85. The molecule has 0 bridgehead atoms. The van der Waals surface area contributed by atoms with E-state index in [-0.39, 0.29) is 26.9 Å². The number of ether oxygens (including phenoxy) is 2. The van der Waals surface area contributed by atoms with Crippen molar-refractivity contribution < 1.29 is 27.4 Å². The highest BCUT2D eigenvalue weighted by Gasteiger charge is 2.37. The molecule has 1 heterocycles. The number of halogens is 5. The molecule has 0 amide bonds. The van der Waals surface area contributed by atoms with Crippen LogP contribution in [0.25, 0.3) is 0 Å². The fourth-order valence-corrected chi connectivity index (χ4v) is 3.03. The molecule has 0 radical (unpaired) electrons. The van der Waals surface area contributed by atoms with Gasteiger partial charge in [0.1, 0.15) is 0 Å². The maximum absolute atomic E-state index is 13.0. The Labute approximate surface area is 188 Å². The molecule has 0 fully saturated rings. The van der Waals surface area contributed by atoms with E-state index >= 15 is 0 Å². The molecule has 0 aliphatic rings. The van der Waals surface area contributed by atoms with Gasteiger partial charge in [0, 0.05) is 5.02 Å². The van der Waals surface area contributed by atoms with Crippen LogP contribution in [0.15, 0.2) is 41.5 Å². The number of hydrogen-bond donors (Lipinski definition) is 1. The number of nitrogens with one attached hydrogen (secondary N) is 1. The van der Waals surface area contributed by atoms with E-state index in [2.05, 4.69) is 10.2 Å². The lowest BCUT2D eigenvalue weighted by Crippen LogP contribution is -2.12. The zero-order valence-electron chi connectivity index (χ0n) is 15.4. The van der Waals surface area contributed by atoms with Crippen LogP contribution in [0.5, 0.6) is 11.5 Å². The Bertz CT molecular complexity index is 1220. The lowest BCUT2D eigenvalue weighted by Gasteiger charge is -2.11. The first-order valence-corrected chi connectivity index (χ1v) is 9.41. The molecule has 31 heavy (non-hydrogen) atoms. The highest BCUT2D eigenvalue weighted by molar-refractivity contribution is 7.71. The lowest BCUT2D eigenvalue weighted by atomic mass is 10.2. The monoisotopic (exact) mass is 490 g/mol. The van der Waals surface area contributed by atoms with Crippen molar-refractivity contribution in [2.45, 2.75) is 6.18 Å². The van der Waals surface area contributed by atoms with E-state index in [9.17, 15) is 18.0 Å². The van der Waals surface area contributed by atoms with Gasteiger partial charge in [0.15, 0.2) is 11.5 Å². The van der Waals surface area contributed by atoms with Crippen LogP contribution in [0.2, 0.25) is 10.0 Å². The molecule has 3 aromatic rings. The molecule has 0 unspecified atom stereocenters. The molecular formula is C18H11Cl2F3N4O3S. The van der Waals surface area contributed by atoms with Crippen molar-refractivity contribution in [1.29, 1.82) is 0 Å². The first kappa shape index (κ1) is 22.8. The molecule has 3 rings (SSSR count). The van der Waals surface area contributed by atoms with E-state index in [0.29, 0.717) is 15.3 Å². The summed E-state index contributed by atoms with van der Waals surface area (Å²) in [5.41, 5.74) is 0.435. The minimum atomic E-state index is -4.75. The molecule has 13 heteroatoms. The third kappa shape index (κ3) is 5.24. The smallest absolute Gasteiger partial charge is 0.453 e. The van der Waals surface area contributed by atoms with Crippen LogP contribution < -0.4 is 9.47 Å². The van der Waals surface area contributed by atoms with E-state index in [1.165, 1.54) is 43.5 Å². The SMILES string of the molecule is COc1cc(/C=N\n2c(C(F)(F)F)n[nH]c2=S)ccc1OC(=O)c1ccc(Cl)cc1Cl. The number of aromatic nitrogens is 3. The number of nitrogens with zero attached hydrogens (tertiary/aromatic N) is 3. The Balaban J connectivity index is 1.86. The number of benzene rings is 2. The molecule has 0 saturated carbocycles. The Morgan fingerprint density at radius 3 is 2.61 bits per heavy atom. The maximum Gasteiger partial charge on any atom is 0.453 e. The van der Waals surface area contributed by atoms with E-state index in [0.717, 1.165) is 6.21 Å². The fourth-order valence-electron chi connectivity index (χ4n) is 2.37. The van der Waals surface area contributed by atoms with E-state index in [1.807, 2.05) is 5.10 Å². The molecule has 1 aromatic heterocycles. The second-order valence-corrected chi connectivity index (χ2v) is 7.06. The number of hydrogen-bond acceptors (Lipinski definition) is 6. The molecule has 2 aromatic carbocycles. The second kappa shape index (κ2) is 9.08. The van der Waals surface area contributed by atoms with Gasteiger partial charge in [-0.25, -0.2) is 9.89 Å². The number of alkyl halides is 3. The average molecular weight is 491 g/mol. The summed E-state index contributed by atoms with van der Waals surface area (Å²) in [6, 6.07) is 8.54. The second-order valence-electron chi connectivity index (χ2n) is 5.83. The van der Waals surface area contributed by atoms with Crippen molar-refractivity contribution >= 4 is 47.6 Å². The number of aromatic amines is 1. The van der Waals surface area contributed by atoms with Crippen molar-refractivity contribution in [2.75, 3.05) is 7.11 Å². The predicted octanol–water partition coefficient (Wildman–Crippen LogP) is 5.38. The summed E-state index contributed by atoms with van der Waals surface area (Å²) in [5, 5.41) is 9.35. The molecule has 7 nitrogen and oxygen atoms in total. The first-order chi connectivity index (χ1) is 14.6. The van der Waals surface area contributed by atoms with E-state index < -0.39 is 18.0 Å². The quantitative estimate of drug-likeness (QED) is 0.225. The largest absolute Gasteiger partial charge is 0.493 e. The van der Waals surface area contributed by atoms with Gasteiger partial charge >= 0.3 is 12.1 Å². The number of methoxy groups -OCH3 is 1. The Hall–Kier alpha value is -2.89. The number of rotatable bonds is 5. The highest BCUT2D eigenvalue weighted by atomic mass is 35.5. The van der Waals surface area contributed by atoms with Crippen molar-refractivity contribution in [1.82, 2.24) is 14.9 Å². The zero-order valence-corrected chi connectivity index (χ0v) is 17.7. The van der Waals surface area contributed by atoms with Gasteiger partial charge in [-0.05, 0) is 54.2 Å². The Morgan fingerprint density at radius 1 is 1.23 bits per heavy atom. The number of carbonyl (C=O) groups is 1. The lowest BCUT2D eigenvalue weighted by molar-refractivity contribution is -0.147. The fraction of sp³-hybridized carbons (Fsp3) is 0.111. The average Bonchev–Trinajstić information content (AvgIpc) is 3.07. The number of esters is 1. The Kier molecular flexibility index (Phi) is 6.68. The van der Waals surface area contributed by atoms with Crippen LogP contribution in [0, 0.1) is 4.77 Å². The predicted molar refractivity (Wildman–Crippen MR) is 110 cm³/mol. The van der Waals surface area contributed by atoms with Gasteiger partial charge in [-0.3, -0.25) is 0 Å². The van der Waals surface area contributed by atoms with Crippen LogP contribution in [0.4, 0.5) is 13.2 Å². The van der Waals surface area contributed by atoms with Gasteiger partial charge in [0.2, 0.25) is 4.77 Å². The Morgan fingerprint density at radius 2 is 1.97 bits per heavy atom. The normalized spacial score (nSPS) is 11.7. The van der Waals surface area contributed by atoms with Crippen molar-refractivity contribution in [2.24, 2.45) is 5.10 Å². The van der Waals surface area contributed by atoms with Crippen LogP contribution in [-0.4, -0.2) is 34.2 Å². The molecule has 0 saturated heterocycles. The zero-order chi connectivity index (χ0) is 22.8. The summed E-state index contributed by atoms with van der Waals surface area (Å²) in [6.07, 6.45) is -3.63. The van der Waals surface area contributed by atoms with Gasteiger partial charge in [-0.1, -0.05) is 23.2 Å². The van der Waals surface area contributed by atoms with E-state index in [1.54, 1.807) is 0 Å². The standard InChI is InChI=1S/C18H11Cl2F3N4O3S/c1-29-14-6-9(8-24-27-16(18(21,22)23)25-26-17(27)31)2-5-13(14)30-15(28)11-4-3-10(19)7-12(11)20/h2-8H,1H3,(H,26,31)/b24-8-. The van der Waals surface area contributed by atoms with Crippen molar-refractivity contribution in [3.63, 3.8) is 0 Å². The molecule has 0 aliphatic carbocycles. The van der Waals surface area contributed by atoms with Gasteiger partial charge in [-0.15, -0.1) is 5.10 Å². The molecule has 1 N–H and O–H groups in total. The summed E-state index contributed by atoms with van der Waals surface area (Å²) in [6.45, 7) is 0. The molecular weight excluding hydrogens is 480 g/mol. The van der Waals surface area contributed by atoms with Crippen LogP contribution in [0.1, 0.15) is 21.7 Å². The van der Waals surface area contributed by atoms with Gasteiger partial charge < -0.3 is 9.47 Å². The topological polar surface area (TPSA) is 81.5 Å². The minimum Gasteiger partial charge on any atom is -0.493 e. The molecule has 0 aliphatic heterocycles. The molecule has 0 atom stereocenters. The van der Waals surface area contributed by atoms with Crippen LogP contribution >= 0.6 is 35.4 Å². The van der Waals surface area contributed by atoms with Crippen molar-refractivity contribution in [3.8, 4) is 11.5 Å². The number of H-pyrrole nitrogens is 1. The highest BCUT2D eigenvalue weighted by Crippen LogP contribution is 2.30. The van der Waals surface area contributed by atoms with Gasteiger partial charge in [0.05, 0.1) is 23.9 Å². The third-order valence-electron chi connectivity index (χ3n) is 3.77. The number of carbonyl (C=O) groups excluding carboxylic acids is 1. The third-order valence-corrected chi connectivity index (χ3v) is 4.58. The minimum absolute atomic E-state index is 0.0616. The van der Waals surface area contributed by atoms with Crippen molar-refractivity contribution in [3.05, 3.63) is 68.2 Å². The summed E-state index contributed by atoms with van der Waals surface area (Å²) in [7, 11) is 1.33. The van der Waals surface area contributed by atoms with Crippen LogP contribution in [0.3, 0.4) is 0 Å². The molecule has 162 valence electrons.